The zero-order chi connectivity index (χ0) is 53.2. The van der Waals surface area contributed by atoms with Crippen molar-refractivity contribution in [3.8, 4) is 0 Å². The first kappa shape index (κ1) is 62.2. The number of thioether (sulfide) groups is 1. The van der Waals surface area contributed by atoms with Crippen LogP contribution in [0.3, 0.4) is 0 Å². The number of nitrogens with one attached hydrogen (secondary N) is 8. The number of carboxylic acids is 1. The van der Waals surface area contributed by atoms with Gasteiger partial charge in [0.2, 0.25) is 53.2 Å². The number of carbonyl (C=O) groups excluding carboxylic acids is 9. The van der Waals surface area contributed by atoms with E-state index >= 15 is 0 Å². The summed E-state index contributed by atoms with van der Waals surface area (Å²) < 4.78 is 0. The molecule has 0 aromatic heterocycles. The van der Waals surface area contributed by atoms with Gasteiger partial charge in [-0.2, -0.15) is 0 Å². The second-order valence-electron chi connectivity index (χ2n) is 18.5. The maximum atomic E-state index is 13.6. The highest BCUT2D eigenvalue weighted by Crippen LogP contribution is 2.27. The van der Waals surface area contributed by atoms with E-state index in [-0.39, 0.29) is 56.9 Å². The number of aliphatic hydroxyl groups excluding tert-OH is 4. The topological polar surface area (TPSA) is 371 Å². The van der Waals surface area contributed by atoms with E-state index in [0.717, 1.165) is 35.9 Å². The van der Waals surface area contributed by atoms with Crippen LogP contribution in [0.4, 0.5) is 0 Å². The molecule has 2 rings (SSSR count). The Balaban J connectivity index is 1.89. The number of likely N-dealkylation sites (tertiary alicyclic amines) is 1. The lowest BCUT2D eigenvalue weighted by molar-refractivity contribution is -0.143. The quantitative estimate of drug-likeness (QED) is 0.0230. The number of aliphatic hydroxyl groups is 4. The molecule has 0 radical (unpaired) electrons. The summed E-state index contributed by atoms with van der Waals surface area (Å²) in [6, 6.07) is -5.38. The number of rotatable bonds is 34. The molecule has 0 aromatic rings. The summed E-state index contributed by atoms with van der Waals surface area (Å²) in [7, 11) is 0. The molecule has 2 fully saturated rings. The fourth-order valence-electron chi connectivity index (χ4n) is 8.07. The fraction of sp³-hybridized carbons (Fsp3) is 0.783. The van der Waals surface area contributed by atoms with Gasteiger partial charge in [-0.15, -0.1) is 11.8 Å². The maximum Gasteiger partial charge on any atom is 0.326 e. The molecule has 1 saturated carbocycles. The number of carboxylic acid groups (broad SMARTS) is 1. The van der Waals surface area contributed by atoms with Crippen LogP contribution < -0.4 is 42.5 Å². The van der Waals surface area contributed by atoms with E-state index in [2.05, 4.69) is 42.5 Å². The predicted molar refractivity (Wildman–Crippen MR) is 260 cm³/mol. The number of hydrogen-bond donors (Lipinski definition) is 13. The molecule has 1 aliphatic heterocycles. The summed E-state index contributed by atoms with van der Waals surface area (Å²) in [5.41, 5.74) is 0. The van der Waals surface area contributed by atoms with E-state index in [1.165, 1.54) is 6.92 Å². The number of amides is 9. The molecular weight excluding hydrogens is 951 g/mol. The Labute approximate surface area is 419 Å². The van der Waals surface area contributed by atoms with Crippen LogP contribution in [0.2, 0.25) is 0 Å². The normalized spacial score (nSPS) is 21.6. The van der Waals surface area contributed by atoms with Crippen molar-refractivity contribution in [1.82, 2.24) is 47.4 Å². The summed E-state index contributed by atoms with van der Waals surface area (Å²) in [5.74, 6) is -7.84. The molecule has 24 nitrogen and oxygen atoms in total. The summed E-state index contributed by atoms with van der Waals surface area (Å²) in [5, 5.41) is 69.3. The standard InChI is InChI=1S/C46H79N9O15S/c1-6-8-10-14-29(42(65)50-22-36(60)48-21-35(59)49-23-37(61)52-30(15-11-9-7-2)43(66)54-31(46(69)70)18-26(3)4)53-44(67)32(51-27(5)57)25-71-34-20-38(62)55(45(34)68)17-13-12-16-47-39-33(58)19-28(24-56)40(63)41(39)64/h26,28-34,39-41,47,56,58,63-64H,6-25H2,1-5H3,(H,48,60)(H,49,59)(H,50,65)(H,51,57)(H,52,61)(H,53,67)(H,54,66)(H,69,70)/t28-,29?,30?,31?,32?,33?,34?,39+,40-,41-/m1/s1. The van der Waals surface area contributed by atoms with Gasteiger partial charge in [0, 0.05) is 38.2 Å². The lowest BCUT2D eigenvalue weighted by atomic mass is 9.80. The van der Waals surface area contributed by atoms with Crippen LogP contribution in [0, 0.1) is 11.8 Å². The lowest BCUT2D eigenvalue weighted by Gasteiger charge is -2.40. The number of carbonyl (C=O) groups is 10. The second kappa shape index (κ2) is 32.9. The van der Waals surface area contributed by atoms with Crippen molar-refractivity contribution in [3.05, 3.63) is 0 Å². The lowest BCUT2D eigenvalue weighted by Crippen LogP contribution is -2.60. The van der Waals surface area contributed by atoms with Crippen LogP contribution in [0.15, 0.2) is 0 Å². The van der Waals surface area contributed by atoms with Gasteiger partial charge in [0.15, 0.2) is 0 Å². The van der Waals surface area contributed by atoms with Crippen LogP contribution in [0.1, 0.15) is 118 Å². The van der Waals surface area contributed by atoms with Gasteiger partial charge < -0.3 is 68.1 Å². The minimum atomic E-state index is -1.29. The van der Waals surface area contributed by atoms with Crippen molar-refractivity contribution in [1.29, 1.82) is 0 Å². The molecule has 0 spiro atoms. The largest absolute Gasteiger partial charge is 0.480 e. The van der Waals surface area contributed by atoms with Gasteiger partial charge in [-0.05, 0) is 51.0 Å². The van der Waals surface area contributed by atoms with Crippen molar-refractivity contribution in [2.24, 2.45) is 11.8 Å². The summed E-state index contributed by atoms with van der Waals surface area (Å²) in [6.45, 7) is 7.01. The molecule has 10 atom stereocenters. The fourth-order valence-corrected chi connectivity index (χ4v) is 9.26. The highest BCUT2D eigenvalue weighted by Gasteiger charge is 2.43. The second-order valence-corrected chi connectivity index (χ2v) is 19.8. The van der Waals surface area contributed by atoms with E-state index in [1.54, 1.807) is 0 Å². The molecular formula is C46H79N9O15S. The van der Waals surface area contributed by atoms with Crippen LogP contribution in [-0.2, 0) is 47.9 Å². The molecule has 6 unspecified atom stereocenters. The highest BCUT2D eigenvalue weighted by molar-refractivity contribution is 8.00. The Morgan fingerprint density at radius 2 is 1.25 bits per heavy atom. The van der Waals surface area contributed by atoms with Gasteiger partial charge >= 0.3 is 5.97 Å². The van der Waals surface area contributed by atoms with Gasteiger partial charge in [-0.3, -0.25) is 48.1 Å². The van der Waals surface area contributed by atoms with Crippen LogP contribution in [0.25, 0.3) is 0 Å². The molecule has 1 saturated heterocycles. The highest BCUT2D eigenvalue weighted by atomic mass is 32.2. The Bertz CT molecular complexity index is 1790. The first-order valence-electron chi connectivity index (χ1n) is 24.7. The van der Waals surface area contributed by atoms with Gasteiger partial charge in [0.1, 0.15) is 24.2 Å². The minimum absolute atomic E-state index is 0.0196. The average molecular weight is 1030 g/mol. The third-order valence-electron chi connectivity index (χ3n) is 12.1. The molecule has 1 heterocycles. The molecule has 25 heteroatoms. The van der Waals surface area contributed by atoms with Gasteiger partial charge in [0.05, 0.1) is 49.2 Å². The summed E-state index contributed by atoms with van der Waals surface area (Å²) >= 11 is 0.999. The van der Waals surface area contributed by atoms with Crippen LogP contribution >= 0.6 is 11.8 Å². The average Bonchev–Trinajstić information content (AvgIpc) is 3.58. The monoisotopic (exact) mass is 1030 g/mol. The molecule has 71 heavy (non-hydrogen) atoms. The van der Waals surface area contributed by atoms with Crippen LogP contribution in [-0.4, -0.2) is 188 Å². The van der Waals surface area contributed by atoms with Crippen molar-refractivity contribution in [2.45, 2.75) is 172 Å². The number of aliphatic carboxylic acids is 1. The van der Waals surface area contributed by atoms with E-state index in [1.807, 2.05) is 27.7 Å². The van der Waals surface area contributed by atoms with Crippen molar-refractivity contribution in [3.63, 3.8) is 0 Å². The molecule has 2 aliphatic rings. The molecule has 9 amide bonds. The van der Waals surface area contributed by atoms with E-state index < -0.39 is 138 Å². The SMILES string of the molecule is CCCCCC(NC(=O)CNC(=O)CNC(=O)CNC(=O)C(CCCCC)NC(=O)C(CSC1CC(=O)N(CCCCN[C@H]2C(O)C[C@H](CO)[C@@H](O)[C@@H]2O)C1=O)NC(C)=O)C(=O)NC(CC(C)C)C(=O)O. The van der Waals surface area contributed by atoms with Crippen molar-refractivity contribution >= 4 is 70.9 Å². The first-order chi connectivity index (χ1) is 33.6. The molecule has 0 aromatic carbocycles. The van der Waals surface area contributed by atoms with E-state index in [4.69, 9.17) is 0 Å². The zero-order valence-electron chi connectivity index (χ0n) is 41.7. The predicted octanol–water partition coefficient (Wildman–Crippen LogP) is -2.72. The number of unbranched alkanes of at least 4 members (excludes halogenated alkanes) is 5. The van der Waals surface area contributed by atoms with Gasteiger partial charge in [-0.1, -0.05) is 66.2 Å². The molecule has 13 N–H and O–H groups in total. The smallest absolute Gasteiger partial charge is 0.326 e. The van der Waals surface area contributed by atoms with E-state index in [0.29, 0.717) is 38.6 Å². The van der Waals surface area contributed by atoms with Crippen molar-refractivity contribution in [2.75, 3.05) is 45.1 Å². The Morgan fingerprint density at radius 3 is 1.82 bits per heavy atom. The minimum Gasteiger partial charge on any atom is -0.480 e. The summed E-state index contributed by atoms with van der Waals surface area (Å²) in [4.78, 5) is 129. The number of imide groups is 1. The van der Waals surface area contributed by atoms with Gasteiger partial charge in [0.25, 0.3) is 0 Å². The van der Waals surface area contributed by atoms with E-state index in [9.17, 15) is 73.5 Å². The maximum absolute atomic E-state index is 13.6. The third-order valence-corrected chi connectivity index (χ3v) is 13.4. The summed E-state index contributed by atoms with van der Waals surface area (Å²) in [6.07, 6.45) is 2.11. The zero-order valence-corrected chi connectivity index (χ0v) is 42.5. The Hall–Kier alpha value is -4.95. The number of hydrogen-bond acceptors (Lipinski definition) is 16. The first-order valence-corrected chi connectivity index (χ1v) is 25.7. The Kier molecular flexibility index (Phi) is 28.8. The van der Waals surface area contributed by atoms with Gasteiger partial charge in [-0.25, -0.2) is 4.79 Å². The third kappa shape index (κ3) is 22.6. The van der Waals surface area contributed by atoms with Crippen molar-refractivity contribution < 1.29 is 73.5 Å². The number of nitrogens with zero attached hydrogens (tertiary/aromatic N) is 1. The molecule has 404 valence electrons. The molecule has 1 aliphatic carbocycles. The van der Waals surface area contributed by atoms with Crippen LogP contribution in [0.5, 0.6) is 0 Å². The molecule has 0 bridgehead atoms. The Morgan fingerprint density at radius 1 is 0.690 bits per heavy atom.